The number of hydrogen-bond acceptors (Lipinski definition) is 7. The summed E-state index contributed by atoms with van der Waals surface area (Å²) in [6.07, 6.45) is 5.15. The smallest absolute Gasteiger partial charge is 0.259 e. The maximum Gasteiger partial charge on any atom is 0.259 e. The molecular weight excluding hydrogens is 457 g/mol. The van der Waals surface area contributed by atoms with Crippen LogP contribution in [0, 0.1) is 18.7 Å². The number of nitrogens with two attached hydrogens (primary N) is 1. The van der Waals surface area contributed by atoms with Gasteiger partial charge < -0.3 is 20.7 Å². The third kappa shape index (κ3) is 4.96. The van der Waals surface area contributed by atoms with Crippen molar-refractivity contribution in [2.45, 2.75) is 45.6 Å². The molecule has 34 heavy (non-hydrogen) atoms. The number of anilines is 2. The minimum Gasteiger partial charge on any atom is -0.491 e. The highest BCUT2D eigenvalue weighted by Crippen LogP contribution is 2.37. The quantitative estimate of drug-likeness (QED) is 0.513. The zero-order chi connectivity index (χ0) is 24.4. The Hall–Kier alpha value is -3.27. The van der Waals surface area contributed by atoms with Crippen LogP contribution in [0.15, 0.2) is 24.5 Å². The Morgan fingerprint density at radius 3 is 2.68 bits per heavy atom. The molecule has 2 aromatic heterocycles. The average molecular weight is 486 g/mol. The molecule has 180 valence electrons. The summed E-state index contributed by atoms with van der Waals surface area (Å²) in [4.78, 5) is 34.9. The number of halogens is 1. The molecular formula is C24H28FN5O3S. The fourth-order valence-electron chi connectivity index (χ4n) is 4.41. The number of fused-ring (bicyclic) bond motifs is 1. The van der Waals surface area contributed by atoms with E-state index in [-0.39, 0.29) is 11.9 Å². The SMILES string of the molecule is CC(=O)N(C)C1CCC(COc2cc(F)ccc2Nc2ncnc3sc(C(N)=O)c(C)c23)CC1. The minimum absolute atomic E-state index is 0.0813. The number of ether oxygens (including phenoxy) is 1. The molecule has 1 aliphatic carbocycles. The van der Waals surface area contributed by atoms with Gasteiger partial charge in [0.1, 0.15) is 28.5 Å². The van der Waals surface area contributed by atoms with Gasteiger partial charge in [-0.2, -0.15) is 0 Å². The Balaban J connectivity index is 1.50. The first-order chi connectivity index (χ1) is 16.2. The number of rotatable bonds is 7. The van der Waals surface area contributed by atoms with Crippen molar-refractivity contribution in [3.63, 3.8) is 0 Å². The van der Waals surface area contributed by atoms with E-state index in [4.69, 9.17) is 10.5 Å². The number of thiophene rings is 1. The summed E-state index contributed by atoms with van der Waals surface area (Å²) in [5.74, 6) is 0.381. The molecule has 0 bridgehead atoms. The molecule has 1 aromatic carbocycles. The van der Waals surface area contributed by atoms with Crippen molar-refractivity contribution < 1.29 is 18.7 Å². The molecule has 0 radical (unpaired) electrons. The molecule has 3 N–H and O–H groups in total. The number of nitrogens with one attached hydrogen (secondary N) is 1. The summed E-state index contributed by atoms with van der Waals surface area (Å²) in [5, 5.41) is 3.92. The van der Waals surface area contributed by atoms with Crippen molar-refractivity contribution in [3.8, 4) is 5.75 Å². The maximum absolute atomic E-state index is 14.1. The van der Waals surface area contributed by atoms with E-state index < -0.39 is 11.7 Å². The van der Waals surface area contributed by atoms with Gasteiger partial charge >= 0.3 is 0 Å². The molecule has 1 fully saturated rings. The van der Waals surface area contributed by atoms with E-state index >= 15 is 0 Å². The minimum atomic E-state index is -0.513. The highest BCUT2D eigenvalue weighted by molar-refractivity contribution is 7.20. The molecule has 2 amide bonds. The lowest BCUT2D eigenvalue weighted by Crippen LogP contribution is -2.38. The number of carbonyl (C=O) groups excluding carboxylic acids is 2. The van der Waals surface area contributed by atoms with Crippen LogP contribution in [0.3, 0.4) is 0 Å². The molecule has 3 aromatic rings. The Morgan fingerprint density at radius 1 is 1.26 bits per heavy atom. The highest BCUT2D eigenvalue weighted by Gasteiger charge is 2.26. The van der Waals surface area contributed by atoms with Gasteiger partial charge in [0.15, 0.2) is 0 Å². The largest absolute Gasteiger partial charge is 0.491 e. The molecule has 2 heterocycles. The summed E-state index contributed by atoms with van der Waals surface area (Å²) < 4.78 is 20.1. The Bertz CT molecular complexity index is 1220. The molecule has 4 rings (SSSR count). The van der Waals surface area contributed by atoms with Crippen molar-refractivity contribution in [1.29, 1.82) is 0 Å². The molecule has 0 atom stereocenters. The third-order valence-corrected chi connectivity index (χ3v) is 7.70. The molecule has 1 saturated carbocycles. The van der Waals surface area contributed by atoms with E-state index in [1.165, 1.54) is 29.8 Å². The first-order valence-electron chi connectivity index (χ1n) is 11.2. The van der Waals surface area contributed by atoms with Crippen molar-refractivity contribution in [2.75, 3.05) is 19.0 Å². The third-order valence-electron chi connectivity index (χ3n) is 6.48. The summed E-state index contributed by atoms with van der Waals surface area (Å²) in [6.45, 7) is 3.85. The normalized spacial score (nSPS) is 18.0. The number of primary amides is 1. The lowest BCUT2D eigenvalue weighted by Gasteiger charge is -2.34. The first kappa shape index (κ1) is 23.9. The zero-order valence-electron chi connectivity index (χ0n) is 19.4. The predicted molar refractivity (Wildman–Crippen MR) is 130 cm³/mol. The van der Waals surface area contributed by atoms with E-state index in [1.54, 1.807) is 19.9 Å². The second-order valence-electron chi connectivity index (χ2n) is 8.70. The van der Waals surface area contributed by atoms with Crippen LogP contribution in [0.5, 0.6) is 5.75 Å². The number of carbonyl (C=O) groups is 2. The van der Waals surface area contributed by atoms with Gasteiger partial charge in [0.2, 0.25) is 5.91 Å². The first-order valence-corrected chi connectivity index (χ1v) is 12.0. The molecule has 10 heteroatoms. The average Bonchev–Trinajstić information content (AvgIpc) is 3.16. The van der Waals surface area contributed by atoms with Gasteiger partial charge in [-0.1, -0.05) is 0 Å². The van der Waals surface area contributed by atoms with Crippen molar-refractivity contribution >= 4 is 44.9 Å². The van der Waals surface area contributed by atoms with Crippen LogP contribution in [-0.4, -0.2) is 46.4 Å². The molecule has 1 aliphatic rings. The standard InChI is InChI=1S/C24H28FN5O3S/c1-13-20-23(27-12-28-24(20)34-21(13)22(26)32)29-18-9-6-16(25)10-19(18)33-11-15-4-7-17(8-5-15)30(3)14(2)31/h6,9-10,12,15,17H,4-5,7-8,11H2,1-3H3,(H2,26,32)(H,27,28,29). The summed E-state index contributed by atoms with van der Waals surface area (Å²) >= 11 is 1.21. The van der Waals surface area contributed by atoms with E-state index in [9.17, 15) is 14.0 Å². The number of aryl methyl sites for hydroxylation is 1. The second-order valence-corrected chi connectivity index (χ2v) is 9.70. The van der Waals surface area contributed by atoms with Crippen LogP contribution >= 0.6 is 11.3 Å². The van der Waals surface area contributed by atoms with Crippen LogP contribution in [-0.2, 0) is 4.79 Å². The lowest BCUT2D eigenvalue weighted by molar-refractivity contribution is -0.130. The van der Waals surface area contributed by atoms with Gasteiger partial charge in [0.25, 0.3) is 5.91 Å². The maximum atomic E-state index is 14.1. The van der Waals surface area contributed by atoms with E-state index in [1.807, 2.05) is 11.9 Å². The van der Waals surface area contributed by atoms with E-state index in [0.717, 1.165) is 25.7 Å². The molecule has 0 spiro atoms. The molecule has 0 saturated heterocycles. The summed E-state index contributed by atoms with van der Waals surface area (Å²) in [7, 11) is 1.85. The van der Waals surface area contributed by atoms with Crippen molar-refractivity contribution in [3.05, 3.63) is 40.8 Å². The van der Waals surface area contributed by atoms with Crippen LogP contribution in [0.1, 0.15) is 47.8 Å². The number of aromatic nitrogens is 2. The van der Waals surface area contributed by atoms with Gasteiger partial charge in [-0.25, -0.2) is 14.4 Å². The second kappa shape index (κ2) is 9.92. The van der Waals surface area contributed by atoms with E-state index in [2.05, 4.69) is 15.3 Å². The van der Waals surface area contributed by atoms with Gasteiger partial charge in [-0.3, -0.25) is 9.59 Å². The summed E-state index contributed by atoms with van der Waals surface area (Å²) in [5.41, 5.74) is 6.76. The molecule has 8 nitrogen and oxygen atoms in total. The number of hydrogen-bond donors (Lipinski definition) is 2. The van der Waals surface area contributed by atoms with Crippen LogP contribution in [0.4, 0.5) is 15.9 Å². The van der Waals surface area contributed by atoms with Gasteiger partial charge in [-0.15, -0.1) is 11.3 Å². The van der Waals surface area contributed by atoms with Crippen LogP contribution in [0.25, 0.3) is 10.2 Å². The molecule has 0 unspecified atom stereocenters. The van der Waals surface area contributed by atoms with Crippen LogP contribution in [0.2, 0.25) is 0 Å². The summed E-state index contributed by atoms with van der Waals surface area (Å²) in [6, 6.07) is 4.57. The fraction of sp³-hybridized carbons (Fsp3) is 0.417. The van der Waals surface area contributed by atoms with E-state index in [0.29, 0.717) is 50.4 Å². The zero-order valence-corrected chi connectivity index (χ0v) is 20.2. The lowest BCUT2D eigenvalue weighted by atomic mass is 9.86. The Morgan fingerprint density at radius 2 is 2.00 bits per heavy atom. The predicted octanol–water partition coefficient (Wildman–Crippen LogP) is 4.40. The van der Waals surface area contributed by atoms with Crippen LogP contribution < -0.4 is 15.8 Å². The van der Waals surface area contributed by atoms with Gasteiger partial charge in [0, 0.05) is 26.1 Å². The van der Waals surface area contributed by atoms with Crippen molar-refractivity contribution in [2.24, 2.45) is 11.7 Å². The highest BCUT2D eigenvalue weighted by atomic mass is 32.1. The fourth-order valence-corrected chi connectivity index (χ4v) is 5.41. The molecule has 0 aliphatic heterocycles. The van der Waals surface area contributed by atoms with Gasteiger partial charge in [0.05, 0.1) is 22.6 Å². The van der Waals surface area contributed by atoms with Crippen molar-refractivity contribution in [1.82, 2.24) is 14.9 Å². The van der Waals surface area contributed by atoms with Gasteiger partial charge in [-0.05, 0) is 56.2 Å². The Labute approximate surface area is 201 Å². The Kier molecular flexibility index (Phi) is 6.97. The topological polar surface area (TPSA) is 110 Å². The number of amides is 2. The number of nitrogens with zero attached hydrogens (tertiary/aromatic N) is 3. The number of benzene rings is 1. The monoisotopic (exact) mass is 485 g/mol.